The van der Waals surface area contributed by atoms with E-state index in [0.717, 1.165) is 31.9 Å². The van der Waals surface area contributed by atoms with Gasteiger partial charge in [0, 0.05) is 18.4 Å². The van der Waals surface area contributed by atoms with Crippen LogP contribution in [0.1, 0.15) is 31.2 Å². The zero-order valence-corrected chi connectivity index (χ0v) is 15.0. The molecule has 0 aliphatic heterocycles. The van der Waals surface area contributed by atoms with Crippen LogP contribution in [0.3, 0.4) is 0 Å². The fourth-order valence-electron chi connectivity index (χ4n) is 3.35. The van der Waals surface area contributed by atoms with Gasteiger partial charge in [-0.3, -0.25) is 0 Å². The maximum atomic E-state index is 13.3. The van der Waals surface area contributed by atoms with E-state index in [1.165, 1.54) is 0 Å². The molecule has 27 heavy (non-hydrogen) atoms. The molecule has 1 aliphatic rings. The van der Waals surface area contributed by atoms with E-state index in [1.54, 1.807) is 12.1 Å². The van der Waals surface area contributed by atoms with E-state index in [9.17, 15) is 13.2 Å². The molecule has 0 amide bonds. The van der Waals surface area contributed by atoms with Crippen molar-refractivity contribution in [2.24, 2.45) is 17.6 Å². The Morgan fingerprint density at radius 3 is 2.33 bits per heavy atom. The lowest BCUT2D eigenvalue weighted by Crippen LogP contribution is -2.26. The van der Waals surface area contributed by atoms with E-state index in [0.29, 0.717) is 30.6 Å². The second kappa shape index (κ2) is 8.56. The lowest BCUT2D eigenvalue weighted by atomic mass is 9.82. The van der Waals surface area contributed by atoms with Crippen LogP contribution >= 0.6 is 0 Å². The second-order valence-corrected chi connectivity index (χ2v) is 6.95. The Bertz CT molecular complexity index is 728. The lowest BCUT2D eigenvalue weighted by Gasteiger charge is -2.28. The first-order chi connectivity index (χ1) is 13.0. The minimum atomic E-state index is -4.51. The molecule has 2 aromatic rings. The Morgan fingerprint density at radius 1 is 1.04 bits per heavy atom. The topological polar surface area (TPSA) is 75.9 Å². The van der Waals surface area contributed by atoms with Crippen LogP contribution in [0.15, 0.2) is 36.5 Å². The highest BCUT2D eigenvalue weighted by molar-refractivity contribution is 5.56. The standard InChI is InChI=1S/C19H24F3N5/c20-19(21,22)16-12-25-18(26-15-4-2-1-3-5-15)27-17(16)24-11-14-8-6-13(10-23)7-9-14/h1-5,12-14H,6-11,23H2,(H2,24,25,26,27). The molecule has 0 unspecified atom stereocenters. The van der Waals surface area contributed by atoms with Gasteiger partial charge in [-0.15, -0.1) is 0 Å². The molecule has 0 radical (unpaired) electrons. The number of nitrogens with one attached hydrogen (secondary N) is 2. The molecule has 3 rings (SSSR count). The number of rotatable bonds is 6. The van der Waals surface area contributed by atoms with Crippen LogP contribution in [-0.2, 0) is 6.18 Å². The summed E-state index contributed by atoms with van der Waals surface area (Å²) in [6, 6.07) is 9.09. The van der Waals surface area contributed by atoms with Crippen LogP contribution in [0, 0.1) is 11.8 Å². The third-order valence-corrected chi connectivity index (χ3v) is 4.98. The average molecular weight is 379 g/mol. The number of halogens is 3. The molecule has 1 fully saturated rings. The molecular weight excluding hydrogens is 355 g/mol. The minimum Gasteiger partial charge on any atom is -0.369 e. The third kappa shape index (κ3) is 5.32. The smallest absolute Gasteiger partial charge is 0.369 e. The number of para-hydroxylation sites is 1. The summed E-state index contributed by atoms with van der Waals surface area (Å²) in [4.78, 5) is 7.90. The molecule has 1 aliphatic carbocycles. The Labute approximate surface area is 156 Å². The van der Waals surface area contributed by atoms with Gasteiger partial charge in [-0.25, -0.2) is 4.98 Å². The molecule has 4 N–H and O–H groups in total. The summed E-state index contributed by atoms with van der Waals surface area (Å²) in [6.07, 6.45) is 0.308. The molecular formula is C19H24F3N5. The molecule has 146 valence electrons. The van der Waals surface area contributed by atoms with Crippen molar-refractivity contribution < 1.29 is 13.2 Å². The fraction of sp³-hybridized carbons (Fsp3) is 0.474. The number of nitrogens with zero attached hydrogens (tertiary/aromatic N) is 2. The number of aromatic nitrogens is 2. The van der Waals surface area contributed by atoms with Gasteiger partial charge in [0.1, 0.15) is 11.4 Å². The predicted octanol–water partition coefficient (Wildman–Crippen LogP) is 4.42. The summed E-state index contributed by atoms with van der Waals surface area (Å²) < 4.78 is 39.9. The number of benzene rings is 1. The van der Waals surface area contributed by atoms with Gasteiger partial charge in [-0.05, 0) is 56.2 Å². The Balaban J connectivity index is 1.71. The van der Waals surface area contributed by atoms with Crippen molar-refractivity contribution in [3.63, 3.8) is 0 Å². The van der Waals surface area contributed by atoms with E-state index in [1.807, 2.05) is 18.2 Å². The molecule has 0 spiro atoms. The molecule has 0 atom stereocenters. The normalized spacial score (nSPS) is 20.3. The first kappa shape index (κ1) is 19.4. The largest absolute Gasteiger partial charge is 0.421 e. The van der Waals surface area contributed by atoms with Gasteiger partial charge in [0.2, 0.25) is 5.95 Å². The van der Waals surface area contributed by atoms with Crippen molar-refractivity contribution in [2.75, 3.05) is 23.7 Å². The van der Waals surface area contributed by atoms with E-state index >= 15 is 0 Å². The summed E-state index contributed by atoms with van der Waals surface area (Å²) >= 11 is 0. The van der Waals surface area contributed by atoms with Crippen LogP contribution < -0.4 is 16.4 Å². The maximum Gasteiger partial charge on any atom is 0.421 e. The summed E-state index contributed by atoms with van der Waals surface area (Å²) in [5.74, 6) is 0.808. The number of nitrogens with two attached hydrogens (primary N) is 1. The molecule has 0 saturated heterocycles. The van der Waals surface area contributed by atoms with Crippen molar-refractivity contribution >= 4 is 17.5 Å². The molecule has 0 bridgehead atoms. The van der Waals surface area contributed by atoms with Gasteiger partial charge in [0.05, 0.1) is 0 Å². The quantitative estimate of drug-likeness (QED) is 0.693. The third-order valence-electron chi connectivity index (χ3n) is 4.98. The van der Waals surface area contributed by atoms with Gasteiger partial charge in [-0.2, -0.15) is 18.2 Å². The monoisotopic (exact) mass is 379 g/mol. The second-order valence-electron chi connectivity index (χ2n) is 6.95. The highest BCUT2D eigenvalue weighted by Gasteiger charge is 2.35. The molecule has 1 aromatic carbocycles. The Kier molecular flexibility index (Phi) is 6.15. The van der Waals surface area contributed by atoms with Crippen LogP contribution in [-0.4, -0.2) is 23.1 Å². The molecule has 5 nitrogen and oxygen atoms in total. The zero-order valence-electron chi connectivity index (χ0n) is 15.0. The lowest BCUT2D eigenvalue weighted by molar-refractivity contribution is -0.137. The average Bonchev–Trinajstić information content (AvgIpc) is 2.67. The highest BCUT2D eigenvalue weighted by atomic mass is 19.4. The van der Waals surface area contributed by atoms with E-state index in [-0.39, 0.29) is 11.8 Å². The zero-order chi connectivity index (χ0) is 19.3. The maximum absolute atomic E-state index is 13.3. The number of alkyl halides is 3. The molecule has 1 aromatic heterocycles. The van der Waals surface area contributed by atoms with Crippen molar-refractivity contribution in [2.45, 2.75) is 31.9 Å². The molecule has 1 saturated carbocycles. The van der Waals surface area contributed by atoms with Gasteiger partial charge in [-0.1, -0.05) is 18.2 Å². The predicted molar refractivity (Wildman–Crippen MR) is 99.8 cm³/mol. The van der Waals surface area contributed by atoms with E-state index in [2.05, 4.69) is 20.6 Å². The van der Waals surface area contributed by atoms with Crippen LogP contribution in [0.2, 0.25) is 0 Å². The van der Waals surface area contributed by atoms with Gasteiger partial charge < -0.3 is 16.4 Å². The van der Waals surface area contributed by atoms with Gasteiger partial charge in [0.15, 0.2) is 0 Å². The van der Waals surface area contributed by atoms with E-state index in [4.69, 9.17) is 5.73 Å². The number of hydrogen-bond donors (Lipinski definition) is 3. The van der Waals surface area contributed by atoms with Crippen molar-refractivity contribution in [1.29, 1.82) is 0 Å². The SMILES string of the molecule is NCC1CCC(CNc2nc(Nc3ccccc3)ncc2C(F)(F)F)CC1. The van der Waals surface area contributed by atoms with Crippen LogP contribution in [0.5, 0.6) is 0 Å². The molecule has 8 heteroatoms. The van der Waals surface area contributed by atoms with Crippen molar-refractivity contribution in [3.05, 3.63) is 42.1 Å². The first-order valence-electron chi connectivity index (χ1n) is 9.16. The molecule has 1 heterocycles. The minimum absolute atomic E-state index is 0.128. The van der Waals surface area contributed by atoms with Gasteiger partial charge in [0.25, 0.3) is 0 Å². The summed E-state index contributed by atoms with van der Waals surface area (Å²) in [7, 11) is 0. The highest BCUT2D eigenvalue weighted by Crippen LogP contribution is 2.35. The Morgan fingerprint density at radius 2 is 1.70 bits per heavy atom. The van der Waals surface area contributed by atoms with Crippen LogP contribution in [0.25, 0.3) is 0 Å². The number of hydrogen-bond acceptors (Lipinski definition) is 5. The van der Waals surface area contributed by atoms with Crippen molar-refractivity contribution in [1.82, 2.24) is 9.97 Å². The summed E-state index contributed by atoms with van der Waals surface area (Å²) in [5.41, 5.74) is 5.56. The van der Waals surface area contributed by atoms with Gasteiger partial charge >= 0.3 is 6.18 Å². The summed E-state index contributed by atoms with van der Waals surface area (Å²) in [5, 5.41) is 5.84. The van der Waals surface area contributed by atoms with Crippen LogP contribution in [0.4, 0.5) is 30.6 Å². The first-order valence-corrected chi connectivity index (χ1v) is 9.16. The van der Waals surface area contributed by atoms with Crippen molar-refractivity contribution in [3.8, 4) is 0 Å². The summed E-state index contributed by atoms with van der Waals surface area (Å²) in [6.45, 7) is 1.14. The number of anilines is 3. The van der Waals surface area contributed by atoms with E-state index < -0.39 is 11.7 Å². The Hall–Kier alpha value is -2.35. The fourth-order valence-corrected chi connectivity index (χ4v) is 3.35.